The first-order chi connectivity index (χ1) is 14.3. The largest absolute Gasteiger partial charge is 0.469 e. The van der Waals surface area contributed by atoms with E-state index in [1.54, 1.807) is 6.92 Å². The van der Waals surface area contributed by atoms with Crippen LogP contribution in [0.5, 0.6) is 0 Å². The minimum atomic E-state index is -2.95. The number of carbonyl (C=O) groups excluding carboxylic acids is 1. The van der Waals surface area contributed by atoms with Crippen molar-refractivity contribution in [3.63, 3.8) is 0 Å². The lowest BCUT2D eigenvalue weighted by Gasteiger charge is -2.22. The molecule has 1 aromatic carbocycles. The van der Waals surface area contributed by atoms with E-state index in [9.17, 15) is 18.0 Å². The molecule has 7 nitrogen and oxygen atoms in total. The maximum atomic E-state index is 14.6. The molecule has 1 aromatic heterocycles. The molecule has 162 valence electrons. The zero-order valence-electron chi connectivity index (χ0n) is 16.1. The van der Waals surface area contributed by atoms with Gasteiger partial charge in [-0.05, 0) is 18.5 Å². The number of carbonyl (C=O) groups is 1. The first-order valence-electron chi connectivity index (χ1n) is 9.01. The van der Waals surface area contributed by atoms with Gasteiger partial charge >= 0.3 is 5.97 Å². The van der Waals surface area contributed by atoms with Crippen LogP contribution in [0.1, 0.15) is 48.1 Å². The molecule has 0 radical (unpaired) electrons. The molecule has 11 heteroatoms. The Morgan fingerprint density at radius 2 is 1.97 bits per heavy atom. The molecular weight excluding hydrogens is 427 g/mol. The molecule has 3 rings (SSSR count). The number of nitrogens with zero attached hydrogens (tertiary/aromatic N) is 2. The van der Waals surface area contributed by atoms with E-state index in [2.05, 4.69) is 20.0 Å². The number of alkyl halides is 2. The van der Waals surface area contributed by atoms with Gasteiger partial charge in [-0.1, -0.05) is 18.2 Å². The summed E-state index contributed by atoms with van der Waals surface area (Å²) in [4.78, 5) is 20.0. The van der Waals surface area contributed by atoms with Crippen molar-refractivity contribution >= 4 is 23.4 Å². The zero-order chi connectivity index (χ0) is 21.8. The van der Waals surface area contributed by atoms with Gasteiger partial charge in [-0.3, -0.25) is 4.79 Å². The molecule has 0 saturated carbocycles. The molecule has 1 N–H and O–H groups in total. The van der Waals surface area contributed by atoms with E-state index in [4.69, 9.17) is 21.1 Å². The minimum Gasteiger partial charge on any atom is -0.469 e. The summed E-state index contributed by atoms with van der Waals surface area (Å²) in [7, 11) is 1.23. The van der Waals surface area contributed by atoms with Gasteiger partial charge in [-0.15, -0.1) is 0 Å². The summed E-state index contributed by atoms with van der Waals surface area (Å²) < 4.78 is 56.4. The van der Waals surface area contributed by atoms with Crippen LogP contribution in [0.25, 0.3) is 0 Å². The van der Waals surface area contributed by atoms with Gasteiger partial charge in [0.05, 0.1) is 49.6 Å². The van der Waals surface area contributed by atoms with Crippen molar-refractivity contribution in [2.75, 3.05) is 25.6 Å². The zero-order valence-corrected chi connectivity index (χ0v) is 16.9. The molecule has 0 spiro atoms. The fourth-order valence-electron chi connectivity index (χ4n) is 3.07. The van der Waals surface area contributed by atoms with Crippen LogP contribution in [0, 0.1) is 5.82 Å². The average molecular weight is 446 g/mol. The number of ether oxygens (including phenoxy) is 3. The van der Waals surface area contributed by atoms with Crippen LogP contribution in [-0.4, -0.2) is 36.3 Å². The van der Waals surface area contributed by atoms with Crippen LogP contribution in [0.3, 0.4) is 0 Å². The molecule has 0 amide bonds. The molecule has 1 aliphatic heterocycles. The molecule has 1 atom stereocenters. The standard InChI is InChI=1S/C19H19ClF3N3O4/c1-9(10-4-3-5-11(15(10)21)16(22)23)24-17-14(18-29-6-7-30-18)12(8-13(27)28-2)25-19(20)26-17/h3-5,9,16,18H,6-8H2,1-2H3,(H,24,25,26). The molecule has 1 unspecified atom stereocenters. The Morgan fingerprint density at radius 1 is 1.30 bits per heavy atom. The van der Waals surface area contributed by atoms with Crippen LogP contribution in [0.4, 0.5) is 19.0 Å². The topological polar surface area (TPSA) is 82.6 Å². The van der Waals surface area contributed by atoms with Crippen molar-refractivity contribution in [1.29, 1.82) is 0 Å². The predicted octanol–water partition coefficient (Wildman–Crippen LogP) is 4.14. The fourth-order valence-corrected chi connectivity index (χ4v) is 3.25. The number of hydrogen-bond acceptors (Lipinski definition) is 7. The van der Waals surface area contributed by atoms with Gasteiger partial charge in [-0.25, -0.2) is 23.1 Å². The van der Waals surface area contributed by atoms with E-state index >= 15 is 0 Å². The number of rotatable bonds is 7. The average Bonchev–Trinajstić information content (AvgIpc) is 3.21. The SMILES string of the molecule is COC(=O)Cc1nc(Cl)nc(NC(C)c2cccc(C(F)F)c2F)c1C1OCCO1. The van der Waals surface area contributed by atoms with Crippen LogP contribution < -0.4 is 5.32 Å². The fraction of sp³-hybridized carbons (Fsp3) is 0.421. The Bertz CT molecular complexity index is 926. The Hall–Kier alpha value is -2.43. The maximum Gasteiger partial charge on any atom is 0.311 e. The van der Waals surface area contributed by atoms with Gasteiger partial charge in [0.2, 0.25) is 5.28 Å². The normalized spacial score (nSPS) is 15.4. The van der Waals surface area contributed by atoms with Crippen molar-refractivity contribution < 1.29 is 32.2 Å². The van der Waals surface area contributed by atoms with E-state index in [0.717, 1.165) is 6.07 Å². The summed E-state index contributed by atoms with van der Waals surface area (Å²) in [6, 6.07) is 2.98. The predicted molar refractivity (Wildman–Crippen MR) is 101 cm³/mol. The second-order valence-electron chi connectivity index (χ2n) is 6.45. The van der Waals surface area contributed by atoms with Crippen molar-refractivity contribution in [3.8, 4) is 0 Å². The van der Waals surface area contributed by atoms with E-state index in [0.29, 0.717) is 18.8 Å². The van der Waals surface area contributed by atoms with Gasteiger partial charge in [0.15, 0.2) is 6.29 Å². The highest BCUT2D eigenvalue weighted by Crippen LogP contribution is 2.35. The number of anilines is 1. The van der Waals surface area contributed by atoms with Crippen molar-refractivity contribution in [1.82, 2.24) is 9.97 Å². The quantitative estimate of drug-likeness (QED) is 0.506. The van der Waals surface area contributed by atoms with Crippen LogP contribution in [0.15, 0.2) is 18.2 Å². The number of nitrogens with one attached hydrogen (secondary N) is 1. The van der Waals surface area contributed by atoms with Crippen LogP contribution in [-0.2, 0) is 25.4 Å². The van der Waals surface area contributed by atoms with E-state index in [1.807, 2.05) is 0 Å². The number of hydrogen-bond donors (Lipinski definition) is 1. The van der Waals surface area contributed by atoms with Gasteiger partial charge in [0, 0.05) is 5.56 Å². The summed E-state index contributed by atoms with van der Waals surface area (Å²) in [6.45, 7) is 2.19. The number of methoxy groups -OCH3 is 1. The van der Waals surface area contributed by atoms with Crippen molar-refractivity contribution in [3.05, 3.63) is 51.7 Å². The third-order valence-corrected chi connectivity index (χ3v) is 4.68. The molecule has 0 bridgehead atoms. The summed E-state index contributed by atoms with van der Waals surface area (Å²) >= 11 is 6.01. The molecule has 2 heterocycles. The first kappa shape index (κ1) is 22.3. The molecule has 30 heavy (non-hydrogen) atoms. The van der Waals surface area contributed by atoms with Crippen LogP contribution >= 0.6 is 11.6 Å². The van der Waals surface area contributed by atoms with Crippen molar-refractivity contribution in [2.24, 2.45) is 0 Å². The lowest BCUT2D eigenvalue weighted by molar-refractivity contribution is -0.139. The molecule has 2 aromatic rings. The summed E-state index contributed by atoms with van der Waals surface area (Å²) in [5, 5.41) is 2.78. The Morgan fingerprint density at radius 3 is 2.60 bits per heavy atom. The third kappa shape index (κ3) is 4.82. The minimum absolute atomic E-state index is 0.0104. The monoisotopic (exact) mass is 445 g/mol. The summed E-state index contributed by atoms with van der Waals surface area (Å²) in [5.41, 5.74) is -0.169. The van der Waals surface area contributed by atoms with Gasteiger partial charge < -0.3 is 19.5 Å². The number of aromatic nitrogens is 2. The lowest BCUT2D eigenvalue weighted by Crippen LogP contribution is -2.18. The number of esters is 1. The highest BCUT2D eigenvalue weighted by molar-refractivity contribution is 6.28. The van der Waals surface area contributed by atoms with Gasteiger partial charge in [0.1, 0.15) is 11.6 Å². The summed E-state index contributed by atoms with van der Waals surface area (Å²) in [6.07, 6.45) is -4.06. The van der Waals surface area contributed by atoms with E-state index < -0.39 is 36.1 Å². The summed E-state index contributed by atoms with van der Waals surface area (Å²) in [5.74, 6) is -1.45. The Balaban J connectivity index is 2.00. The third-order valence-electron chi connectivity index (χ3n) is 4.51. The lowest BCUT2D eigenvalue weighted by atomic mass is 10.0. The molecule has 0 aliphatic carbocycles. The van der Waals surface area contributed by atoms with Gasteiger partial charge in [0.25, 0.3) is 6.43 Å². The van der Waals surface area contributed by atoms with Gasteiger partial charge in [-0.2, -0.15) is 0 Å². The second kappa shape index (κ2) is 9.59. The van der Waals surface area contributed by atoms with E-state index in [-0.39, 0.29) is 28.8 Å². The highest BCUT2D eigenvalue weighted by Gasteiger charge is 2.30. The Kier molecular flexibility index (Phi) is 7.11. The smallest absolute Gasteiger partial charge is 0.311 e. The van der Waals surface area contributed by atoms with Crippen molar-refractivity contribution in [2.45, 2.75) is 32.1 Å². The number of halogens is 4. The Labute approximate surface area is 175 Å². The first-order valence-corrected chi connectivity index (χ1v) is 9.39. The molecule has 1 saturated heterocycles. The number of benzene rings is 1. The maximum absolute atomic E-state index is 14.6. The molecule has 1 fully saturated rings. The molecule has 1 aliphatic rings. The molecular formula is C19H19ClF3N3O4. The highest BCUT2D eigenvalue weighted by atomic mass is 35.5. The van der Waals surface area contributed by atoms with Crippen LogP contribution in [0.2, 0.25) is 5.28 Å². The van der Waals surface area contributed by atoms with E-state index in [1.165, 1.54) is 19.2 Å². The second-order valence-corrected chi connectivity index (χ2v) is 6.78.